The molecule has 82 valence electrons. The lowest BCUT2D eigenvalue weighted by Gasteiger charge is -2.05. The first-order chi connectivity index (χ1) is 7.15. The van der Waals surface area contributed by atoms with Crippen LogP contribution >= 0.6 is 23.2 Å². The summed E-state index contributed by atoms with van der Waals surface area (Å²) in [7, 11) is 0. The minimum absolute atomic E-state index is 0.0156. The summed E-state index contributed by atoms with van der Waals surface area (Å²) in [6, 6.07) is 4.24. The summed E-state index contributed by atoms with van der Waals surface area (Å²) in [4.78, 5) is 11.5. The van der Waals surface area contributed by atoms with E-state index >= 15 is 0 Å². The molecular formula is C10H11Cl2NO2. The molecule has 15 heavy (non-hydrogen) atoms. The molecular weight excluding hydrogens is 237 g/mol. The Morgan fingerprint density at radius 1 is 1.47 bits per heavy atom. The Bertz CT molecular complexity index is 355. The zero-order chi connectivity index (χ0) is 11.3. The zero-order valence-electron chi connectivity index (χ0n) is 7.96. The summed E-state index contributed by atoms with van der Waals surface area (Å²) in [5.74, 6) is 0.205. The minimum atomic E-state index is -0.305. The van der Waals surface area contributed by atoms with Gasteiger partial charge < -0.3 is 10.4 Å². The SMILES string of the molecule is O=C(NCCCCl)c1cc(O)ccc1Cl. The fraction of sp³-hybridized carbons (Fsp3) is 0.300. The van der Waals surface area contributed by atoms with Crippen molar-refractivity contribution >= 4 is 29.1 Å². The van der Waals surface area contributed by atoms with E-state index in [0.717, 1.165) is 0 Å². The first-order valence-corrected chi connectivity index (χ1v) is 5.39. The summed E-state index contributed by atoms with van der Waals surface area (Å²) < 4.78 is 0. The van der Waals surface area contributed by atoms with E-state index in [1.165, 1.54) is 18.2 Å². The van der Waals surface area contributed by atoms with Crippen molar-refractivity contribution in [2.75, 3.05) is 12.4 Å². The van der Waals surface area contributed by atoms with Crippen LogP contribution in [0.5, 0.6) is 5.75 Å². The second kappa shape index (κ2) is 5.83. The van der Waals surface area contributed by atoms with Crippen LogP contribution in [0.2, 0.25) is 5.02 Å². The Kier molecular flexibility index (Phi) is 4.72. The second-order valence-electron chi connectivity index (χ2n) is 2.96. The van der Waals surface area contributed by atoms with E-state index in [1.54, 1.807) is 0 Å². The smallest absolute Gasteiger partial charge is 0.252 e. The van der Waals surface area contributed by atoms with Gasteiger partial charge in [0.2, 0.25) is 0 Å². The van der Waals surface area contributed by atoms with Gasteiger partial charge in [0.05, 0.1) is 10.6 Å². The highest BCUT2D eigenvalue weighted by molar-refractivity contribution is 6.33. The largest absolute Gasteiger partial charge is 0.508 e. The van der Waals surface area contributed by atoms with Gasteiger partial charge in [-0.05, 0) is 24.6 Å². The maximum atomic E-state index is 11.5. The summed E-state index contributed by atoms with van der Waals surface area (Å²) >= 11 is 11.3. The van der Waals surface area contributed by atoms with Crippen molar-refractivity contribution in [1.82, 2.24) is 5.32 Å². The van der Waals surface area contributed by atoms with Gasteiger partial charge in [0.25, 0.3) is 5.91 Å². The van der Waals surface area contributed by atoms with Crippen LogP contribution in [-0.2, 0) is 0 Å². The molecule has 0 aliphatic heterocycles. The van der Waals surface area contributed by atoms with Crippen LogP contribution in [-0.4, -0.2) is 23.4 Å². The molecule has 1 rings (SSSR count). The van der Waals surface area contributed by atoms with Crippen molar-refractivity contribution in [2.45, 2.75) is 6.42 Å². The number of halogens is 2. The fourth-order valence-corrected chi connectivity index (χ4v) is 1.39. The van der Waals surface area contributed by atoms with Crippen molar-refractivity contribution in [3.63, 3.8) is 0 Å². The van der Waals surface area contributed by atoms with Gasteiger partial charge in [0.15, 0.2) is 0 Å². The number of nitrogens with one attached hydrogen (secondary N) is 1. The lowest BCUT2D eigenvalue weighted by molar-refractivity contribution is 0.0953. The van der Waals surface area contributed by atoms with Crippen molar-refractivity contribution in [3.8, 4) is 5.75 Å². The molecule has 0 radical (unpaired) electrons. The van der Waals surface area contributed by atoms with Gasteiger partial charge >= 0.3 is 0 Å². The van der Waals surface area contributed by atoms with E-state index < -0.39 is 0 Å². The van der Waals surface area contributed by atoms with Gasteiger partial charge in [0.1, 0.15) is 5.75 Å². The molecule has 2 N–H and O–H groups in total. The Morgan fingerprint density at radius 3 is 2.87 bits per heavy atom. The third kappa shape index (κ3) is 3.61. The Hall–Kier alpha value is -0.930. The molecule has 0 saturated heterocycles. The number of rotatable bonds is 4. The molecule has 1 aromatic rings. The van der Waals surface area contributed by atoms with Gasteiger partial charge in [-0.2, -0.15) is 0 Å². The fourth-order valence-electron chi connectivity index (χ4n) is 1.05. The molecule has 0 saturated carbocycles. The number of aromatic hydroxyl groups is 1. The highest BCUT2D eigenvalue weighted by Crippen LogP contribution is 2.20. The minimum Gasteiger partial charge on any atom is -0.508 e. The molecule has 1 aromatic carbocycles. The van der Waals surface area contributed by atoms with Crippen LogP contribution in [0, 0.1) is 0 Å². The molecule has 0 aliphatic carbocycles. The quantitative estimate of drug-likeness (QED) is 0.635. The molecule has 0 spiro atoms. The molecule has 0 heterocycles. The first kappa shape index (κ1) is 12.1. The molecule has 1 amide bonds. The first-order valence-electron chi connectivity index (χ1n) is 4.48. The Morgan fingerprint density at radius 2 is 2.20 bits per heavy atom. The van der Waals surface area contributed by atoms with Crippen molar-refractivity contribution in [3.05, 3.63) is 28.8 Å². The zero-order valence-corrected chi connectivity index (χ0v) is 9.48. The monoisotopic (exact) mass is 247 g/mol. The number of carbonyl (C=O) groups excluding carboxylic acids is 1. The maximum Gasteiger partial charge on any atom is 0.252 e. The number of carbonyl (C=O) groups is 1. The van der Waals surface area contributed by atoms with Gasteiger partial charge in [0, 0.05) is 12.4 Å². The maximum absolute atomic E-state index is 11.5. The number of amides is 1. The Labute approximate surface area is 98.0 Å². The molecule has 3 nitrogen and oxygen atoms in total. The third-order valence-corrected chi connectivity index (χ3v) is 2.39. The number of phenols is 1. The standard InChI is InChI=1S/C10H11Cl2NO2/c11-4-1-5-13-10(15)8-6-7(14)2-3-9(8)12/h2-3,6,14H,1,4-5H2,(H,13,15). The van der Waals surface area contributed by atoms with E-state index in [4.69, 9.17) is 23.2 Å². The lowest BCUT2D eigenvalue weighted by atomic mass is 10.2. The van der Waals surface area contributed by atoms with E-state index in [1.807, 2.05) is 0 Å². The van der Waals surface area contributed by atoms with Crippen LogP contribution in [0.3, 0.4) is 0 Å². The molecule has 0 aliphatic rings. The average Bonchev–Trinajstić information content (AvgIpc) is 2.22. The lowest BCUT2D eigenvalue weighted by Crippen LogP contribution is -2.24. The normalized spacial score (nSPS) is 10.0. The van der Waals surface area contributed by atoms with Crippen LogP contribution in [0.4, 0.5) is 0 Å². The van der Waals surface area contributed by atoms with E-state index in [0.29, 0.717) is 23.9 Å². The number of alkyl halides is 1. The van der Waals surface area contributed by atoms with Crippen LogP contribution in [0.25, 0.3) is 0 Å². The van der Waals surface area contributed by atoms with Gasteiger partial charge in [-0.25, -0.2) is 0 Å². The third-order valence-electron chi connectivity index (χ3n) is 1.79. The topological polar surface area (TPSA) is 49.3 Å². The highest BCUT2D eigenvalue weighted by atomic mass is 35.5. The van der Waals surface area contributed by atoms with Crippen molar-refractivity contribution in [1.29, 1.82) is 0 Å². The summed E-state index contributed by atoms with van der Waals surface area (Å²) in [6.07, 6.45) is 0.698. The van der Waals surface area contributed by atoms with Crippen molar-refractivity contribution in [2.24, 2.45) is 0 Å². The number of benzene rings is 1. The van der Waals surface area contributed by atoms with Gasteiger partial charge in [-0.1, -0.05) is 11.6 Å². The van der Waals surface area contributed by atoms with Gasteiger partial charge in [-0.15, -0.1) is 11.6 Å². The van der Waals surface area contributed by atoms with Crippen molar-refractivity contribution < 1.29 is 9.90 Å². The molecule has 0 fully saturated rings. The summed E-state index contributed by atoms with van der Waals surface area (Å²) in [5, 5.41) is 12.2. The average molecular weight is 248 g/mol. The van der Waals surface area contributed by atoms with E-state index in [2.05, 4.69) is 5.32 Å². The van der Waals surface area contributed by atoms with E-state index in [-0.39, 0.29) is 17.2 Å². The Balaban J connectivity index is 2.68. The van der Waals surface area contributed by atoms with Crippen LogP contribution < -0.4 is 5.32 Å². The number of phenolic OH excluding ortho intramolecular Hbond substituents is 1. The summed E-state index contributed by atoms with van der Waals surface area (Å²) in [6.45, 7) is 0.494. The van der Waals surface area contributed by atoms with Crippen LogP contribution in [0.15, 0.2) is 18.2 Å². The number of hydrogen-bond donors (Lipinski definition) is 2. The molecule has 0 atom stereocenters. The summed E-state index contributed by atoms with van der Waals surface area (Å²) in [5.41, 5.74) is 0.270. The van der Waals surface area contributed by atoms with Gasteiger partial charge in [-0.3, -0.25) is 4.79 Å². The van der Waals surface area contributed by atoms with E-state index in [9.17, 15) is 9.90 Å². The molecule has 5 heteroatoms. The molecule has 0 unspecified atom stereocenters. The number of hydrogen-bond acceptors (Lipinski definition) is 2. The predicted octanol–water partition coefficient (Wildman–Crippen LogP) is 2.40. The molecule has 0 bridgehead atoms. The second-order valence-corrected chi connectivity index (χ2v) is 3.75. The van der Waals surface area contributed by atoms with Crippen LogP contribution in [0.1, 0.15) is 16.8 Å². The highest BCUT2D eigenvalue weighted by Gasteiger charge is 2.10. The molecule has 0 aromatic heterocycles. The predicted molar refractivity (Wildman–Crippen MR) is 60.8 cm³/mol.